The van der Waals surface area contributed by atoms with Crippen molar-refractivity contribution in [3.8, 4) is 0 Å². The van der Waals surface area contributed by atoms with Gasteiger partial charge in [-0.15, -0.1) is 10.2 Å². The van der Waals surface area contributed by atoms with Gasteiger partial charge >= 0.3 is 0 Å². The topological polar surface area (TPSA) is 101 Å². The first-order chi connectivity index (χ1) is 12.7. The number of nitrogens with zero attached hydrogens (tertiary/aromatic N) is 2. The van der Waals surface area contributed by atoms with Gasteiger partial charge in [-0.05, 0) is 43.7 Å². The van der Waals surface area contributed by atoms with E-state index < -0.39 is 15.9 Å². The molecule has 0 saturated heterocycles. The third-order valence-electron chi connectivity index (χ3n) is 3.58. The zero-order chi connectivity index (χ0) is 19.6. The molecule has 2 aromatic carbocycles. The minimum absolute atomic E-state index is 0.0877. The molecule has 0 radical (unpaired) electrons. The van der Waals surface area contributed by atoms with Gasteiger partial charge in [0.15, 0.2) is 0 Å². The molecule has 3 rings (SSSR count). The predicted octanol–water partition coefficient (Wildman–Crippen LogP) is 3.86. The Labute approximate surface area is 165 Å². The van der Waals surface area contributed by atoms with Crippen LogP contribution in [0, 0.1) is 13.8 Å². The molecule has 27 heavy (non-hydrogen) atoms. The molecule has 1 amide bonds. The monoisotopic (exact) mass is 422 g/mol. The van der Waals surface area contributed by atoms with Crippen LogP contribution in [0.1, 0.15) is 21.5 Å². The van der Waals surface area contributed by atoms with Crippen molar-refractivity contribution in [3.05, 3.63) is 64.2 Å². The third-order valence-corrected chi connectivity index (χ3v) is 6.39. The van der Waals surface area contributed by atoms with Crippen LogP contribution in [0.2, 0.25) is 5.02 Å². The number of carbonyl (C=O) groups excluding carboxylic acids is 1. The van der Waals surface area contributed by atoms with Crippen molar-refractivity contribution in [3.63, 3.8) is 0 Å². The second kappa shape index (κ2) is 7.63. The molecule has 3 aromatic rings. The average Bonchev–Trinajstić information content (AvgIpc) is 3.07. The maximum atomic E-state index is 12.5. The Morgan fingerprint density at radius 2 is 1.89 bits per heavy atom. The van der Waals surface area contributed by atoms with Crippen LogP contribution < -0.4 is 10.0 Å². The molecule has 0 aliphatic carbocycles. The van der Waals surface area contributed by atoms with Crippen LogP contribution in [0.25, 0.3) is 0 Å². The van der Waals surface area contributed by atoms with E-state index in [2.05, 4.69) is 20.2 Å². The lowest BCUT2D eigenvalue weighted by molar-refractivity contribution is 0.102. The van der Waals surface area contributed by atoms with Crippen molar-refractivity contribution in [2.75, 3.05) is 10.0 Å². The number of benzene rings is 2. The zero-order valence-corrected chi connectivity index (χ0v) is 16.7. The van der Waals surface area contributed by atoms with Crippen LogP contribution in [0.3, 0.4) is 0 Å². The molecule has 2 N–H and O–H groups in total. The van der Waals surface area contributed by atoms with E-state index in [0.29, 0.717) is 21.8 Å². The molecule has 0 atom stereocenters. The highest BCUT2D eigenvalue weighted by Crippen LogP contribution is 2.26. The van der Waals surface area contributed by atoms with Gasteiger partial charge in [0.25, 0.3) is 20.3 Å². The number of halogens is 1. The molecule has 10 heteroatoms. The number of carbonyl (C=O) groups is 1. The molecule has 0 spiro atoms. The highest BCUT2D eigenvalue weighted by atomic mass is 35.5. The molecule has 0 fully saturated rings. The molecule has 140 valence electrons. The Bertz CT molecular complexity index is 1110. The standard InChI is InChI=1S/C17H15ClN4O3S2/c1-10-4-3-5-12(8-10)15(23)19-16-20-21-17(26-16)27(24,25)22-14-9-13(18)7-6-11(14)2/h3-9,22H,1-2H3,(H,19,20,23). The lowest BCUT2D eigenvalue weighted by atomic mass is 10.1. The maximum absolute atomic E-state index is 12.5. The second-order valence-electron chi connectivity index (χ2n) is 5.76. The van der Waals surface area contributed by atoms with Gasteiger partial charge in [-0.2, -0.15) is 8.42 Å². The van der Waals surface area contributed by atoms with E-state index in [-0.39, 0.29) is 9.47 Å². The summed E-state index contributed by atoms with van der Waals surface area (Å²) in [6.45, 7) is 3.62. The molecule has 0 bridgehead atoms. The Hall–Kier alpha value is -2.49. The van der Waals surface area contributed by atoms with Crippen LogP contribution in [0.5, 0.6) is 0 Å². The van der Waals surface area contributed by atoms with E-state index >= 15 is 0 Å². The quantitative estimate of drug-likeness (QED) is 0.608. The molecule has 7 nitrogen and oxygen atoms in total. The van der Waals surface area contributed by atoms with Crippen LogP contribution in [0.15, 0.2) is 46.8 Å². The number of aryl methyl sites for hydroxylation is 2. The molecular weight excluding hydrogens is 408 g/mol. The number of amides is 1. The fraction of sp³-hybridized carbons (Fsp3) is 0.118. The maximum Gasteiger partial charge on any atom is 0.291 e. The van der Waals surface area contributed by atoms with E-state index in [9.17, 15) is 13.2 Å². The summed E-state index contributed by atoms with van der Waals surface area (Å²) in [4.78, 5) is 12.2. The number of anilines is 2. The third kappa shape index (κ3) is 4.62. The predicted molar refractivity (Wildman–Crippen MR) is 106 cm³/mol. The highest BCUT2D eigenvalue weighted by Gasteiger charge is 2.22. The van der Waals surface area contributed by atoms with Crippen molar-refractivity contribution < 1.29 is 13.2 Å². The lowest BCUT2D eigenvalue weighted by Gasteiger charge is -2.08. The number of nitrogens with one attached hydrogen (secondary N) is 2. The fourth-order valence-electron chi connectivity index (χ4n) is 2.22. The minimum atomic E-state index is -3.95. The largest absolute Gasteiger partial charge is 0.296 e. The molecule has 1 heterocycles. The summed E-state index contributed by atoms with van der Waals surface area (Å²) in [6, 6.07) is 11.9. The van der Waals surface area contributed by atoms with E-state index in [1.165, 1.54) is 6.07 Å². The normalized spacial score (nSPS) is 11.2. The number of sulfonamides is 1. The van der Waals surface area contributed by atoms with E-state index in [1.54, 1.807) is 37.3 Å². The fourth-order valence-corrected chi connectivity index (χ4v) is 4.41. The first-order valence-electron chi connectivity index (χ1n) is 7.75. The van der Waals surface area contributed by atoms with Gasteiger partial charge in [0.1, 0.15) is 0 Å². The van der Waals surface area contributed by atoms with Crippen LogP contribution in [0.4, 0.5) is 10.8 Å². The summed E-state index contributed by atoms with van der Waals surface area (Å²) in [6.07, 6.45) is 0. The molecule has 0 saturated carbocycles. The van der Waals surface area contributed by atoms with Gasteiger partial charge < -0.3 is 0 Å². The van der Waals surface area contributed by atoms with Crippen LogP contribution >= 0.6 is 22.9 Å². The molecule has 1 aromatic heterocycles. The summed E-state index contributed by atoms with van der Waals surface area (Å²) < 4.78 is 27.2. The van der Waals surface area contributed by atoms with Gasteiger partial charge in [-0.1, -0.05) is 46.7 Å². The van der Waals surface area contributed by atoms with Gasteiger partial charge in [-0.25, -0.2) is 0 Å². The van der Waals surface area contributed by atoms with Crippen LogP contribution in [-0.4, -0.2) is 24.5 Å². The van der Waals surface area contributed by atoms with E-state index in [0.717, 1.165) is 16.9 Å². The summed E-state index contributed by atoms with van der Waals surface area (Å²) in [5, 5.41) is 10.5. The molecule has 0 aliphatic rings. The molecule has 0 aliphatic heterocycles. The summed E-state index contributed by atoms with van der Waals surface area (Å²) >= 11 is 6.67. The van der Waals surface area contributed by atoms with Gasteiger partial charge in [0.2, 0.25) is 5.13 Å². The summed E-state index contributed by atoms with van der Waals surface area (Å²) in [7, 11) is -3.95. The smallest absolute Gasteiger partial charge is 0.291 e. The van der Waals surface area contributed by atoms with Crippen molar-refractivity contribution in [2.24, 2.45) is 0 Å². The molecular formula is C17H15ClN4O3S2. The Morgan fingerprint density at radius 1 is 1.11 bits per heavy atom. The van der Waals surface area contributed by atoms with E-state index in [4.69, 9.17) is 11.6 Å². The van der Waals surface area contributed by atoms with Crippen molar-refractivity contribution in [2.45, 2.75) is 18.2 Å². The average molecular weight is 423 g/mol. The minimum Gasteiger partial charge on any atom is -0.296 e. The van der Waals surface area contributed by atoms with Gasteiger partial charge in [-0.3, -0.25) is 14.8 Å². The summed E-state index contributed by atoms with van der Waals surface area (Å²) in [5.74, 6) is -0.391. The first-order valence-corrected chi connectivity index (χ1v) is 10.4. The Morgan fingerprint density at radius 3 is 2.63 bits per heavy atom. The first kappa shape index (κ1) is 19.3. The van der Waals surface area contributed by atoms with Crippen molar-refractivity contribution >= 4 is 49.7 Å². The Kier molecular flexibility index (Phi) is 5.45. The number of rotatable bonds is 5. The lowest BCUT2D eigenvalue weighted by Crippen LogP contribution is -2.13. The van der Waals surface area contributed by atoms with Crippen LogP contribution in [-0.2, 0) is 10.0 Å². The van der Waals surface area contributed by atoms with Crippen molar-refractivity contribution in [1.29, 1.82) is 0 Å². The Balaban J connectivity index is 1.78. The summed E-state index contributed by atoms with van der Waals surface area (Å²) in [5.41, 5.74) is 2.44. The van der Waals surface area contributed by atoms with Gasteiger partial charge in [0, 0.05) is 10.6 Å². The number of hydrogen-bond donors (Lipinski definition) is 2. The highest BCUT2D eigenvalue weighted by molar-refractivity contribution is 7.94. The van der Waals surface area contributed by atoms with Crippen molar-refractivity contribution in [1.82, 2.24) is 10.2 Å². The van der Waals surface area contributed by atoms with E-state index in [1.807, 2.05) is 13.0 Å². The molecule has 0 unspecified atom stereocenters. The SMILES string of the molecule is Cc1cccc(C(=O)Nc2nnc(S(=O)(=O)Nc3cc(Cl)ccc3C)s2)c1. The zero-order valence-electron chi connectivity index (χ0n) is 14.4. The second-order valence-corrected chi connectivity index (χ2v) is 9.03. The number of hydrogen-bond acceptors (Lipinski definition) is 6. The number of aromatic nitrogens is 2. The van der Waals surface area contributed by atoms with Gasteiger partial charge in [0.05, 0.1) is 5.69 Å².